The maximum atomic E-state index is 11.9. The van der Waals surface area contributed by atoms with Crippen LogP contribution in [0.2, 0.25) is 0 Å². The summed E-state index contributed by atoms with van der Waals surface area (Å²) in [7, 11) is 0. The number of nitrogens with one attached hydrogen (secondary N) is 1. The lowest BCUT2D eigenvalue weighted by Crippen LogP contribution is -2.58. The van der Waals surface area contributed by atoms with E-state index in [9.17, 15) is 14.7 Å². The van der Waals surface area contributed by atoms with Crippen LogP contribution >= 0.6 is 0 Å². The molecule has 2 atom stereocenters. The molecule has 0 aliphatic carbocycles. The van der Waals surface area contributed by atoms with Crippen LogP contribution in [-0.2, 0) is 4.79 Å². The van der Waals surface area contributed by atoms with Crippen LogP contribution < -0.4 is 5.32 Å². The van der Waals surface area contributed by atoms with Crippen molar-refractivity contribution in [2.75, 3.05) is 0 Å². The van der Waals surface area contributed by atoms with Gasteiger partial charge >= 0.3 is 5.97 Å². The highest BCUT2D eigenvalue weighted by Crippen LogP contribution is 2.18. The fourth-order valence-corrected chi connectivity index (χ4v) is 1.52. The first-order valence-corrected chi connectivity index (χ1v) is 5.75. The molecule has 0 saturated heterocycles. The average molecular weight is 251 g/mol. The molecule has 5 heteroatoms. The summed E-state index contributed by atoms with van der Waals surface area (Å²) in [5, 5.41) is 21.3. The van der Waals surface area contributed by atoms with Crippen LogP contribution in [0, 0.1) is 5.92 Å². The second-order valence-corrected chi connectivity index (χ2v) is 4.20. The van der Waals surface area contributed by atoms with Crippen LogP contribution in [0.25, 0.3) is 0 Å². The molecule has 0 aliphatic heterocycles. The van der Waals surface area contributed by atoms with Gasteiger partial charge in [-0.05, 0) is 18.6 Å². The zero-order valence-electron chi connectivity index (χ0n) is 10.4. The Morgan fingerprint density at radius 3 is 2.33 bits per heavy atom. The van der Waals surface area contributed by atoms with E-state index in [1.807, 2.05) is 0 Å². The molecule has 0 radical (unpaired) electrons. The standard InChI is InChI=1S/C13H17NO4/c1-3-9(2)13(18,12(16)17)14-11(15)10-7-5-4-6-8-10/h4-9,18H,3H2,1-2H3,(H,14,15)(H,16,17). The minimum Gasteiger partial charge on any atom is -0.478 e. The van der Waals surface area contributed by atoms with Gasteiger partial charge in [-0.2, -0.15) is 0 Å². The monoisotopic (exact) mass is 251 g/mol. The number of rotatable bonds is 5. The topological polar surface area (TPSA) is 86.6 Å². The highest BCUT2D eigenvalue weighted by molar-refractivity contribution is 5.97. The Balaban J connectivity index is 2.92. The van der Waals surface area contributed by atoms with E-state index in [2.05, 4.69) is 5.32 Å². The van der Waals surface area contributed by atoms with Crippen molar-refractivity contribution in [2.45, 2.75) is 26.0 Å². The molecule has 0 saturated carbocycles. The largest absolute Gasteiger partial charge is 0.478 e. The fraction of sp³-hybridized carbons (Fsp3) is 0.385. The number of aliphatic hydroxyl groups is 1. The molecule has 0 fully saturated rings. The molecule has 2 unspecified atom stereocenters. The molecule has 0 aliphatic rings. The van der Waals surface area contributed by atoms with E-state index in [-0.39, 0.29) is 0 Å². The predicted molar refractivity (Wildman–Crippen MR) is 65.9 cm³/mol. The van der Waals surface area contributed by atoms with E-state index in [0.29, 0.717) is 12.0 Å². The predicted octanol–water partition coefficient (Wildman–Crippen LogP) is 1.24. The number of hydrogen-bond acceptors (Lipinski definition) is 3. The number of carboxylic acid groups (broad SMARTS) is 1. The summed E-state index contributed by atoms with van der Waals surface area (Å²) in [5.41, 5.74) is -1.94. The van der Waals surface area contributed by atoms with Gasteiger partial charge in [0.15, 0.2) is 0 Å². The number of carboxylic acids is 1. The quantitative estimate of drug-likeness (QED) is 0.687. The Bertz CT molecular complexity index is 432. The van der Waals surface area contributed by atoms with Crippen molar-refractivity contribution >= 4 is 11.9 Å². The smallest absolute Gasteiger partial charge is 0.357 e. The van der Waals surface area contributed by atoms with Crippen molar-refractivity contribution in [1.29, 1.82) is 0 Å². The highest BCUT2D eigenvalue weighted by atomic mass is 16.4. The zero-order valence-corrected chi connectivity index (χ0v) is 10.4. The molecule has 98 valence electrons. The van der Waals surface area contributed by atoms with Crippen LogP contribution in [0.3, 0.4) is 0 Å². The summed E-state index contributed by atoms with van der Waals surface area (Å²) in [4.78, 5) is 23.0. The maximum absolute atomic E-state index is 11.9. The molecule has 18 heavy (non-hydrogen) atoms. The van der Waals surface area contributed by atoms with E-state index in [0.717, 1.165) is 0 Å². The summed E-state index contributed by atoms with van der Waals surface area (Å²) >= 11 is 0. The van der Waals surface area contributed by atoms with Crippen LogP contribution in [0.15, 0.2) is 30.3 Å². The number of carbonyl (C=O) groups excluding carboxylic acids is 1. The zero-order chi connectivity index (χ0) is 13.8. The minimum atomic E-state index is -2.25. The lowest BCUT2D eigenvalue weighted by atomic mass is 9.94. The van der Waals surface area contributed by atoms with Crippen molar-refractivity contribution < 1.29 is 19.8 Å². The highest BCUT2D eigenvalue weighted by Gasteiger charge is 2.42. The summed E-state index contributed by atoms with van der Waals surface area (Å²) in [6.45, 7) is 3.31. The van der Waals surface area contributed by atoms with Crippen LogP contribution in [0.1, 0.15) is 30.6 Å². The van der Waals surface area contributed by atoms with E-state index < -0.39 is 23.5 Å². The summed E-state index contributed by atoms with van der Waals surface area (Å²) in [6, 6.07) is 8.17. The molecule has 1 amide bonds. The van der Waals surface area contributed by atoms with Gasteiger partial charge in [0, 0.05) is 11.5 Å². The lowest BCUT2D eigenvalue weighted by molar-refractivity contribution is -0.167. The van der Waals surface area contributed by atoms with Gasteiger partial charge < -0.3 is 15.5 Å². The summed E-state index contributed by atoms with van der Waals surface area (Å²) in [5.74, 6) is -2.66. The number of carbonyl (C=O) groups is 2. The van der Waals surface area contributed by atoms with Gasteiger partial charge in [-0.15, -0.1) is 0 Å². The Labute approximate surface area is 105 Å². The van der Waals surface area contributed by atoms with Crippen molar-refractivity contribution in [2.24, 2.45) is 5.92 Å². The van der Waals surface area contributed by atoms with Crippen molar-refractivity contribution in [3.8, 4) is 0 Å². The average Bonchev–Trinajstić information content (AvgIpc) is 2.38. The minimum absolute atomic E-state index is 0.306. The molecule has 0 spiro atoms. The molecule has 1 rings (SSSR count). The van der Waals surface area contributed by atoms with Crippen molar-refractivity contribution in [3.63, 3.8) is 0 Å². The lowest BCUT2D eigenvalue weighted by Gasteiger charge is -2.30. The van der Waals surface area contributed by atoms with Gasteiger partial charge in [-0.3, -0.25) is 4.79 Å². The molecular weight excluding hydrogens is 234 g/mol. The summed E-state index contributed by atoms with van der Waals surface area (Å²) < 4.78 is 0. The first-order valence-electron chi connectivity index (χ1n) is 5.75. The van der Waals surface area contributed by atoms with Crippen molar-refractivity contribution in [1.82, 2.24) is 5.32 Å². The van der Waals surface area contributed by atoms with E-state index in [1.54, 1.807) is 44.2 Å². The van der Waals surface area contributed by atoms with Gasteiger partial charge in [0.1, 0.15) is 0 Å². The normalized spacial score (nSPS) is 15.5. The number of aliphatic carboxylic acids is 1. The Morgan fingerprint density at radius 2 is 1.89 bits per heavy atom. The summed E-state index contributed by atoms with van der Waals surface area (Å²) in [6.07, 6.45) is 0.428. The molecule has 3 N–H and O–H groups in total. The third-order valence-corrected chi connectivity index (χ3v) is 2.99. The van der Waals surface area contributed by atoms with E-state index >= 15 is 0 Å². The number of benzene rings is 1. The van der Waals surface area contributed by atoms with Crippen LogP contribution in [-0.4, -0.2) is 27.8 Å². The second-order valence-electron chi connectivity index (χ2n) is 4.20. The van der Waals surface area contributed by atoms with Gasteiger partial charge in [-0.25, -0.2) is 4.79 Å². The molecule has 5 nitrogen and oxygen atoms in total. The van der Waals surface area contributed by atoms with E-state index in [4.69, 9.17) is 5.11 Å². The molecule has 0 bridgehead atoms. The third kappa shape index (κ3) is 2.87. The molecule has 1 aromatic carbocycles. The SMILES string of the molecule is CCC(C)C(O)(NC(=O)c1ccccc1)C(=O)O. The van der Waals surface area contributed by atoms with Crippen LogP contribution in [0.5, 0.6) is 0 Å². The maximum Gasteiger partial charge on any atom is 0.357 e. The Hall–Kier alpha value is -1.88. The van der Waals surface area contributed by atoms with Gasteiger partial charge in [0.05, 0.1) is 0 Å². The second kappa shape index (κ2) is 5.64. The fourth-order valence-electron chi connectivity index (χ4n) is 1.52. The molecule has 0 aromatic heterocycles. The Kier molecular flexibility index (Phi) is 4.44. The molecular formula is C13H17NO4. The van der Waals surface area contributed by atoms with E-state index in [1.165, 1.54) is 0 Å². The van der Waals surface area contributed by atoms with Gasteiger partial charge in [0.2, 0.25) is 5.72 Å². The number of amides is 1. The van der Waals surface area contributed by atoms with Crippen molar-refractivity contribution in [3.05, 3.63) is 35.9 Å². The first kappa shape index (κ1) is 14.2. The first-order chi connectivity index (χ1) is 8.41. The van der Waals surface area contributed by atoms with Crippen LogP contribution in [0.4, 0.5) is 0 Å². The number of hydrogen-bond donors (Lipinski definition) is 3. The third-order valence-electron chi connectivity index (χ3n) is 2.99. The van der Waals surface area contributed by atoms with Gasteiger partial charge in [-0.1, -0.05) is 32.0 Å². The Morgan fingerprint density at radius 1 is 1.33 bits per heavy atom. The molecule has 0 heterocycles. The van der Waals surface area contributed by atoms with Gasteiger partial charge in [0.25, 0.3) is 5.91 Å². The molecule has 1 aromatic rings.